The zero-order valence-corrected chi connectivity index (χ0v) is 9.47. The first-order valence-corrected chi connectivity index (χ1v) is 5.95. The predicted molar refractivity (Wildman–Crippen MR) is 57.5 cm³/mol. The van der Waals surface area contributed by atoms with Gasteiger partial charge in [0.1, 0.15) is 0 Å². The van der Waals surface area contributed by atoms with E-state index in [1.807, 2.05) is 4.89 Å². The lowest BCUT2D eigenvalue weighted by Crippen LogP contribution is -2.24. The van der Waals surface area contributed by atoms with E-state index in [0.717, 1.165) is 0 Å². The molecule has 0 saturated heterocycles. The van der Waals surface area contributed by atoms with Gasteiger partial charge < -0.3 is 5.73 Å². The van der Waals surface area contributed by atoms with E-state index in [1.165, 1.54) is 6.07 Å². The van der Waals surface area contributed by atoms with Gasteiger partial charge in [-0.3, -0.25) is 4.84 Å². The van der Waals surface area contributed by atoms with Gasteiger partial charge in [-0.2, -0.15) is 0 Å². The Morgan fingerprint density at radius 2 is 2.13 bits per heavy atom. The first-order valence-electron chi connectivity index (χ1n) is 4.47. The van der Waals surface area contributed by atoms with Crippen LogP contribution >= 0.6 is 0 Å². The average Bonchev–Trinajstić information content (AvgIpc) is 2.18. The van der Waals surface area contributed by atoms with Gasteiger partial charge in [-0.25, -0.2) is 8.42 Å². The molecule has 0 bridgehead atoms. The van der Waals surface area contributed by atoms with Gasteiger partial charge in [-0.15, -0.1) is 0 Å². The van der Waals surface area contributed by atoms with Gasteiger partial charge in [-0.1, -0.05) is 11.0 Å². The highest BCUT2D eigenvalue weighted by Gasteiger charge is 2.16. The van der Waals surface area contributed by atoms with Crippen molar-refractivity contribution in [3.8, 4) is 0 Å². The number of nitrogen functional groups attached to an aromatic ring is 1. The van der Waals surface area contributed by atoms with Crippen LogP contribution in [0.3, 0.4) is 0 Å². The summed E-state index contributed by atoms with van der Waals surface area (Å²) in [5.41, 5.74) is 6.54. The third-order valence-corrected chi connectivity index (χ3v) is 3.17. The van der Waals surface area contributed by atoms with Crippen LogP contribution < -0.4 is 10.6 Å². The number of aryl methyl sites for hydroxylation is 1. The monoisotopic (exact) mass is 230 g/mol. The summed E-state index contributed by atoms with van der Waals surface area (Å²) in [6.07, 6.45) is 0. The second-order valence-corrected chi connectivity index (χ2v) is 4.66. The molecule has 3 N–H and O–H groups in total. The van der Waals surface area contributed by atoms with Crippen LogP contribution in [0, 0.1) is 6.92 Å². The Morgan fingerprint density at radius 1 is 1.47 bits per heavy atom. The summed E-state index contributed by atoms with van der Waals surface area (Å²) in [5.74, 6) is 0. The first kappa shape index (κ1) is 12.0. The van der Waals surface area contributed by atoms with Crippen molar-refractivity contribution in [3.05, 3.63) is 23.8 Å². The van der Waals surface area contributed by atoms with Crippen molar-refractivity contribution in [2.45, 2.75) is 18.7 Å². The van der Waals surface area contributed by atoms with E-state index >= 15 is 0 Å². The topological polar surface area (TPSA) is 81.4 Å². The minimum Gasteiger partial charge on any atom is -0.399 e. The number of hydrogen-bond donors (Lipinski definition) is 2. The molecule has 1 aromatic carbocycles. The molecule has 0 amide bonds. The van der Waals surface area contributed by atoms with E-state index in [2.05, 4.69) is 4.84 Å². The van der Waals surface area contributed by atoms with Gasteiger partial charge in [0, 0.05) is 5.69 Å². The van der Waals surface area contributed by atoms with E-state index in [0.29, 0.717) is 11.3 Å². The third-order valence-electron chi connectivity index (χ3n) is 1.81. The maximum Gasteiger partial charge on any atom is 0.262 e. The Morgan fingerprint density at radius 3 is 2.73 bits per heavy atom. The quantitative estimate of drug-likeness (QED) is 0.592. The zero-order chi connectivity index (χ0) is 11.5. The largest absolute Gasteiger partial charge is 0.399 e. The standard InChI is InChI=1S/C9H14N2O3S/c1-3-14-11-15(12,13)9-6-8(10)5-4-7(9)2/h4-6,11H,3,10H2,1-2H3. The molecule has 0 atom stereocenters. The predicted octanol–water partition coefficient (Wildman–Crippen LogP) is 0.807. The van der Waals surface area contributed by atoms with Gasteiger partial charge in [0.25, 0.3) is 10.0 Å². The molecule has 0 spiro atoms. The molecule has 1 rings (SSSR count). The van der Waals surface area contributed by atoms with Crippen LogP contribution in [0.15, 0.2) is 23.1 Å². The lowest BCUT2D eigenvalue weighted by Gasteiger charge is -2.08. The lowest BCUT2D eigenvalue weighted by atomic mass is 10.2. The van der Waals surface area contributed by atoms with Crippen molar-refractivity contribution in [2.75, 3.05) is 12.3 Å². The Labute approximate surface area is 89.2 Å². The summed E-state index contributed by atoms with van der Waals surface area (Å²) in [6, 6.07) is 4.70. The fourth-order valence-corrected chi connectivity index (χ4v) is 2.23. The normalized spacial score (nSPS) is 11.6. The molecule has 0 heterocycles. The van der Waals surface area contributed by atoms with Crippen LogP contribution in [0.5, 0.6) is 0 Å². The van der Waals surface area contributed by atoms with Crippen LogP contribution in [0.4, 0.5) is 5.69 Å². The molecular weight excluding hydrogens is 216 g/mol. The summed E-state index contributed by atoms with van der Waals surface area (Å²) in [6.45, 7) is 3.65. The summed E-state index contributed by atoms with van der Waals surface area (Å²) in [5, 5.41) is 0. The SMILES string of the molecule is CCONS(=O)(=O)c1cc(N)ccc1C. The maximum atomic E-state index is 11.7. The first-order chi connectivity index (χ1) is 6.97. The van der Waals surface area contributed by atoms with Gasteiger partial charge in [0.15, 0.2) is 0 Å². The van der Waals surface area contributed by atoms with Crippen LogP contribution in [-0.2, 0) is 14.9 Å². The van der Waals surface area contributed by atoms with Gasteiger partial charge in [0.2, 0.25) is 0 Å². The number of hydrogen-bond acceptors (Lipinski definition) is 4. The molecule has 15 heavy (non-hydrogen) atoms. The van der Waals surface area contributed by atoms with Gasteiger partial charge in [-0.05, 0) is 31.5 Å². The molecular formula is C9H14N2O3S. The molecule has 0 aromatic heterocycles. The molecule has 6 heteroatoms. The highest BCUT2D eigenvalue weighted by atomic mass is 32.2. The van der Waals surface area contributed by atoms with Crippen molar-refractivity contribution < 1.29 is 13.3 Å². The van der Waals surface area contributed by atoms with Crippen LogP contribution in [0.25, 0.3) is 0 Å². The molecule has 0 saturated carbocycles. The van der Waals surface area contributed by atoms with E-state index in [1.54, 1.807) is 26.0 Å². The third kappa shape index (κ3) is 2.92. The second-order valence-electron chi connectivity index (χ2n) is 3.04. The Balaban J connectivity index is 3.09. The Hall–Kier alpha value is -1.11. The number of benzene rings is 1. The number of sulfonamides is 1. The zero-order valence-electron chi connectivity index (χ0n) is 8.65. The molecule has 0 fully saturated rings. The minimum absolute atomic E-state index is 0.135. The number of nitrogens with two attached hydrogens (primary N) is 1. The van der Waals surface area contributed by atoms with E-state index in [-0.39, 0.29) is 11.5 Å². The van der Waals surface area contributed by atoms with Crippen molar-refractivity contribution in [2.24, 2.45) is 0 Å². The van der Waals surface area contributed by atoms with E-state index in [4.69, 9.17) is 5.73 Å². The van der Waals surface area contributed by atoms with Crippen molar-refractivity contribution in [3.63, 3.8) is 0 Å². The Kier molecular flexibility index (Phi) is 3.67. The number of rotatable bonds is 4. The number of nitrogens with one attached hydrogen (secondary N) is 1. The van der Waals surface area contributed by atoms with Crippen LogP contribution in [-0.4, -0.2) is 15.0 Å². The molecule has 5 nitrogen and oxygen atoms in total. The molecule has 0 radical (unpaired) electrons. The highest BCUT2D eigenvalue weighted by Crippen LogP contribution is 2.17. The smallest absolute Gasteiger partial charge is 0.262 e. The fraction of sp³-hybridized carbons (Fsp3) is 0.333. The van der Waals surface area contributed by atoms with Gasteiger partial charge in [0.05, 0.1) is 11.5 Å². The summed E-state index contributed by atoms with van der Waals surface area (Å²) in [7, 11) is -3.63. The molecule has 0 unspecified atom stereocenters. The van der Waals surface area contributed by atoms with Crippen LogP contribution in [0.2, 0.25) is 0 Å². The maximum absolute atomic E-state index is 11.7. The van der Waals surface area contributed by atoms with E-state index in [9.17, 15) is 8.42 Å². The summed E-state index contributed by atoms with van der Waals surface area (Å²) >= 11 is 0. The fourth-order valence-electron chi connectivity index (χ4n) is 1.09. The molecule has 0 aliphatic carbocycles. The summed E-state index contributed by atoms with van der Waals surface area (Å²) < 4.78 is 23.3. The number of anilines is 1. The second kappa shape index (κ2) is 4.61. The molecule has 84 valence electrons. The Bertz CT molecular complexity index is 443. The highest BCUT2D eigenvalue weighted by molar-refractivity contribution is 7.89. The van der Waals surface area contributed by atoms with Crippen LogP contribution in [0.1, 0.15) is 12.5 Å². The lowest BCUT2D eigenvalue weighted by molar-refractivity contribution is 0.105. The van der Waals surface area contributed by atoms with E-state index < -0.39 is 10.0 Å². The molecule has 1 aromatic rings. The van der Waals surface area contributed by atoms with Crippen molar-refractivity contribution in [1.29, 1.82) is 0 Å². The summed E-state index contributed by atoms with van der Waals surface area (Å²) in [4.78, 5) is 6.81. The molecule has 0 aliphatic rings. The molecule has 0 aliphatic heterocycles. The minimum atomic E-state index is -3.63. The van der Waals surface area contributed by atoms with Gasteiger partial charge >= 0.3 is 0 Å². The average molecular weight is 230 g/mol. The van der Waals surface area contributed by atoms with Crippen molar-refractivity contribution in [1.82, 2.24) is 4.89 Å². The van der Waals surface area contributed by atoms with Crippen molar-refractivity contribution >= 4 is 15.7 Å².